The molecule has 4 N–H and O–H groups in total. The Kier molecular flexibility index (Phi) is 4.43. The number of amides is 2. The minimum Gasteiger partial charge on any atom is -0.506 e. The van der Waals surface area contributed by atoms with Crippen molar-refractivity contribution in [2.75, 3.05) is 5.32 Å². The molecule has 0 aromatic heterocycles. The van der Waals surface area contributed by atoms with Crippen LogP contribution < -0.4 is 10.6 Å². The first-order chi connectivity index (χ1) is 10.5. The van der Waals surface area contributed by atoms with Gasteiger partial charge in [-0.2, -0.15) is 0 Å². The van der Waals surface area contributed by atoms with Gasteiger partial charge in [-0.15, -0.1) is 0 Å². The van der Waals surface area contributed by atoms with Crippen LogP contribution in [0.15, 0.2) is 60.8 Å². The lowest BCUT2D eigenvalue weighted by Gasteiger charge is -2.10. The van der Waals surface area contributed by atoms with Gasteiger partial charge in [-0.05, 0) is 23.3 Å². The Balaban J connectivity index is 2.19. The molecule has 0 radical (unpaired) electrons. The van der Waals surface area contributed by atoms with E-state index < -0.39 is 17.7 Å². The maximum Gasteiger partial charge on any atom is 0.351 e. The lowest BCUT2D eigenvalue weighted by atomic mass is 10.0. The molecule has 22 heavy (non-hydrogen) atoms. The third-order valence-corrected chi connectivity index (χ3v) is 2.87. The molecule has 0 fully saturated rings. The molecule has 0 aliphatic rings. The highest BCUT2D eigenvalue weighted by Crippen LogP contribution is 2.29. The summed E-state index contributed by atoms with van der Waals surface area (Å²) in [6.45, 7) is 3.19. The van der Waals surface area contributed by atoms with Crippen LogP contribution >= 0.6 is 0 Å². The summed E-state index contributed by atoms with van der Waals surface area (Å²) in [5.74, 6) is -1.46. The van der Waals surface area contributed by atoms with Gasteiger partial charge in [0.1, 0.15) is 11.4 Å². The zero-order valence-electron chi connectivity index (χ0n) is 11.5. The normalized spacial score (nSPS) is 9.82. The molecule has 6 heteroatoms. The first-order valence-electron chi connectivity index (χ1n) is 6.36. The maximum absolute atomic E-state index is 11.7. The first kappa shape index (κ1) is 15.1. The number of phenols is 1. The molecule has 2 amide bonds. The minimum absolute atomic E-state index is 0.129. The summed E-state index contributed by atoms with van der Waals surface area (Å²) < 4.78 is 0. The van der Waals surface area contributed by atoms with Gasteiger partial charge in [0, 0.05) is 0 Å². The number of carboxylic acid groups (broad SMARTS) is 1. The summed E-state index contributed by atoms with van der Waals surface area (Å²) in [7, 11) is 0. The summed E-state index contributed by atoms with van der Waals surface area (Å²) >= 11 is 0. The highest BCUT2D eigenvalue weighted by Gasteiger charge is 2.11. The van der Waals surface area contributed by atoms with E-state index in [0.29, 0.717) is 0 Å². The molecular weight excluding hydrogens is 284 g/mol. The minimum atomic E-state index is -1.34. The second-order valence-electron chi connectivity index (χ2n) is 4.46. The third kappa shape index (κ3) is 3.63. The molecule has 0 saturated heterocycles. The van der Waals surface area contributed by atoms with E-state index in [1.54, 1.807) is 12.1 Å². The Labute approximate surface area is 126 Å². The fraction of sp³-hybridized carbons (Fsp3) is 0. The quantitative estimate of drug-likeness (QED) is 0.515. The lowest BCUT2D eigenvalue weighted by Crippen LogP contribution is -2.30. The number of carbonyl (C=O) groups excluding carboxylic acids is 1. The summed E-state index contributed by atoms with van der Waals surface area (Å²) in [4.78, 5) is 22.3. The van der Waals surface area contributed by atoms with Crippen molar-refractivity contribution in [3.8, 4) is 16.9 Å². The number of hydrogen-bond donors (Lipinski definition) is 4. The van der Waals surface area contributed by atoms with Crippen LogP contribution in [0.2, 0.25) is 0 Å². The largest absolute Gasteiger partial charge is 0.506 e. The van der Waals surface area contributed by atoms with Crippen molar-refractivity contribution in [1.82, 2.24) is 5.32 Å². The van der Waals surface area contributed by atoms with Crippen molar-refractivity contribution in [3.05, 3.63) is 60.8 Å². The second-order valence-corrected chi connectivity index (χ2v) is 4.46. The molecule has 0 heterocycles. The molecule has 2 aromatic carbocycles. The number of urea groups is 1. The predicted octanol–water partition coefficient (Wildman–Crippen LogP) is 2.78. The van der Waals surface area contributed by atoms with Crippen molar-refractivity contribution in [2.24, 2.45) is 0 Å². The highest BCUT2D eigenvalue weighted by atomic mass is 16.4. The van der Waals surface area contributed by atoms with Crippen molar-refractivity contribution in [1.29, 1.82) is 0 Å². The van der Waals surface area contributed by atoms with Gasteiger partial charge in [-0.3, -0.25) is 0 Å². The van der Waals surface area contributed by atoms with E-state index >= 15 is 0 Å². The van der Waals surface area contributed by atoms with Gasteiger partial charge < -0.3 is 20.8 Å². The molecule has 2 rings (SSSR count). The fourth-order valence-electron chi connectivity index (χ4n) is 1.79. The summed E-state index contributed by atoms with van der Waals surface area (Å²) in [6.07, 6.45) is 0. The molecule has 2 aromatic rings. The Morgan fingerprint density at radius 2 is 1.68 bits per heavy atom. The van der Waals surface area contributed by atoms with Crippen LogP contribution in [-0.2, 0) is 4.79 Å². The van der Waals surface area contributed by atoms with Gasteiger partial charge in [0.15, 0.2) is 0 Å². The van der Waals surface area contributed by atoms with E-state index in [4.69, 9.17) is 5.11 Å². The van der Waals surface area contributed by atoms with Crippen molar-refractivity contribution in [3.63, 3.8) is 0 Å². The molecule has 0 saturated carbocycles. The Bertz CT molecular complexity index is 726. The summed E-state index contributed by atoms with van der Waals surface area (Å²) in [5.41, 5.74) is 1.42. The fourth-order valence-corrected chi connectivity index (χ4v) is 1.79. The summed E-state index contributed by atoms with van der Waals surface area (Å²) in [6, 6.07) is 13.4. The number of hydrogen-bond acceptors (Lipinski definition) is 3. The van der Waals surface area contributed by atoms with Crippen LogP contribution in [0.5, 0.6) is 5.75 Å². The lowest BCUT2D eigenvalue weighted by molar-refractivity contribution is -0.132. The molecule has 6 nitrogen and oxygen atoms in total. The Morgan fingerprint density at radius 3 is 2.32 bits per heavy atom. The van der Waals surface area contributed by atoms with Crippen molar-refractivity contribution < 1.29 is 19.8 Å². The van der Waals surface area contributed by atoms with Gasteiger partial charge >= 0.3 is 12.0 Å². The number of carbonyl (C=O) groups is 2. The monoisotopic (exact) mass is 298 g/mol. The molecule has 0 aliphatic carbocycles. The zero-order valence-corrected chi connectivity index (χ0v) is 11.5. The maximum atomic E-state index is 11.7. The number of carboxylic acids is 1. The average molecular weight is 298 g/mol. The average Bonchev–Trinajstić information content (AvgIpc) is 2.50. The topological polar surface area (TPSA) is 98.7 Å². The van der Waals surface area contributed by atoms with Crippen LogP contribution in [0.4, 0.5) is 10.5 Å². The van der Waals surface area contributed by atoms with E-state index in [-0.39, 0.29) is 11.4 Å². The first-order valence-corrected chi connectivity index (χ1v) is 6.36. The Morgan fingerprint density at radius 1 is 1.00 bits per heavy atom. The van der Waals surface area contributed by atoms with Crippen molar-refractivity contribution >= 4 is 17.7 Å². The molecule has 0 bridgehead atoms. The van der Waals surface area contributed by atoms with E-state index in [0.717, 1.165) is 11.1 Å². The number of anilines is 1. The molecule has 0 unspecified atom stereocenters. The summed E-state index contributed by atoms with van der Waals surface area (Å²) in [5, 5.41) is 22.9. The van der Waals surface area contributed by atoms with Crippen LogP contribution in [0.1, 0.15) is 0 Å². The van der Waals surface area contributed by atoms with Gasteiger partial charge in [-0.1, -0.05) is 43.0 Å². The molecule has 0 aliphatic heterocycles. The van der Waals surface area contributed by atoms with E-state index in [2.05, 4.69) is 17.2 Å². The van der Waals surface area contributed by atoms with Crippen LogP contribution in [0.25, 0.3) is 11.1 Å². The molecule has 112 valence electrons. The molecular formula is C16H14N2O4. The zero-order chi connectivity index (χ0) is 16.1. The number of rotatable bonds is 4. The van der Waals surface area contributed by atoms with Gasteiger partial charge in [0.2, 0.25) is 0 Å². The predicted molar refractivity (Wildman–Crippen MR) is 82.5 cm³/mol. The van der Waals surface area contributed by atoms with Crippen molar-refractivity contribution in [2.45, 2.75) is 0 Å². The van der Waals surface area contributed by atoms with Gasteiger partial charge in [0.05, 0.1) is 5.69 Å². The van der Waals surface area contributed by atoms with Crippen LogP contribution in [0.3, 0.4) is 0 Å². The van der Waals surface area contributed by atoms with E-state index in [1.807, 2.05) is 30.3 Å². The van der Waals surface area contributed by atoms with Gasteiger partial charge in [0.25, 0.3) is 0 Å². The second kappa shape index (κ2) is 6.45. The van der Waals surface area contributed by atoms with Gasteiger partial charge in [-0.25, -0.2) is 9.59 Å². The number of phenolic OH excluding ortho intramolecular Hbond substituents is 1. The molecule has 0 spiro atoms. The van der Waals surface area contributed by atoms with Crippen LogP contribution in [-0.4, -0.2) is 22.2 Å². The van der Waals surface area contributed by atoms with E-state index in [1.165, 1.54) is 6.07 Å². The Hall–Kier alpha value is -3.28. The van der Waals surface area contributed by atoms with E-state index in [9.17, 15) is 14.7 Å². The molecule has 0 atom stereocenters. The van der Waals surface area contributed by atoms with Crippen LogP contribution in [0, 0.1) is 0 Å². The number of benzene rings is 2. The third-order valence-electron chi connectivity index (χ3n) is 2.87. The smallest absolute Gasteiger partial charge is 0.351 e. The highest BCUT2D eigenvalue weighted by molar-refractivity contribution is 5.98. The SMILES string of the molecule is C=C(NC(=O)Nc1cc(-c2ccccc2)ccc1O)C(=O)O. The number of nitrogens with one attached hydrogen (secondary N) is 2. The number of aromatic hydroxyl groups is 1. The number of aliphatic carboxylic acids is 1. The standard InChI is InChI=1S/C16H14N2O4/c1-10(15(20)21)17-16(22)18-13-9-12(7-8-14(13)19)11-5-3-2-4-6-11/h2-9,19H,1H2,(H,20,21)(H2,17,18,22).